The number of hydrogen-bond acceptors (Lipinski definition) is 10. The molecule has 12 nitrogen and oxygen atoms in total. The Hall–Kier alpha value is -4.87. The SMILES string of the molecule is COc1cc(C2/C(=C(\O)c3ccc4c(c3)OCCO4)C(=O)C(=O)N2CCCn2ccnc2)c(OC)c2c1OCO2. The van der Waals surface area contributed by atoms with Crippen LogP contribution < -0.4 is 28.4 Å². The van der Waals surface area contributed by atoms with E-state index >= 15 is 0 Å². The number of benzene rings is 2. The average Bonchev–Trinajstić information content (AvgIpc) is 3.73. The molecular formula is C28H27N3O9. The molecule has 1 saturated heterocycles. The first kappa shape index (κ1) is 25.4. The predicted molar refractivity (Wildman–Crippen MR) is 139 cm³/mol. The minimum absolute atomic E-state index is 0.0478. The number of rotatable bonds is 8. The minimum Gasteiger partial charge on any atom is -0.507 e. The Morgan fingerprint density at radius 1 is 1.02 bits per heavy atom. The number of likely N-dealkylation sites (tertiary alicyclic amines) is 1. The molecule has 0 aliphatic carbocycles. The lowest BCUT2D eigenvalue weighted by atomic mass is 9.93. The molecule has 3 aliphatic rings. The predicted octanol–water partition coefficient (Wildman–Crippen LogP) is 2.91. The van der Waals surface area contributed by atoms with E-state index in [4.69, 9.17) is 28.4 Å². The van der Waals surface area contributed by atoms with Crippen molar-refractivity contribution < 1.29 is 43.1 Å². The number of nitrogens with zero attached hydrogens (tertiary/aromatic N) is 3. The van der Waals surface area contributed by atoms with Crippen molar-refractivity contribution in [2.75, 3.05) is 40.8 Å². The quantitative estimate of drug-likeness (QED) is 0.254. The lowest BCUT2D eigenvalue weighted by Crippen LogP contribution is -2.31. The lowest BCUT2D eigenvalue weighted by Gasteiger charge is -2.27. The molecule has 40 heavy (non-hydrogen) atoms. The van der Waals surface area contributed by atoms with Crippen LogP contribution in [-0.2, 0) is 16.1 Å². The third-order valence-electron chi connectivity index (χ3n) is 7.04. The first-order valence-electron chi connectivity index (χ1n) is 12.7. The van der Waals surface area contributed by atoms with Crippen LogP contribution in [0.4, 0.5) is 0 Å². The molecule has 1 amide bonds. The third-order valence-corrected chi connectivity index (χ3v) is 7.04. The van der Waals surface area contributed by atoms with Crippen molar-refractivity contribution in [2.24, 2.45) is 0 Å². The monoisotopic (exact) mass is 549 g/mol. The Balaban J connectivity index is 1.48. The molecule has 1 aromatic heterocycles. The number of carbonyl (C=O) groups is 2. The maximum Gasteiger partial charge on any atom is 0.295 e. The molecule has 1 N–H and O–H groups in total. The Labute approximate surface area is 229 Å². The van der Waals surface area contributed by atoms with Crippen LogP contribution in [-0.4, -0.2) is 72.0 Å². The molecule has 3 aliphatic heterocycles. The number of hydrogen-bond donors (Lipinski definition) is 1. The van der Waals surface area contributed by atoms with Gasteiger partial charge in [-0.2, -0.15) is 0 Å². The molecule has 6 rings (SSSR count). The number of ketones is 1. The summed E-state index contributed by atoms with van der Waals surface area (Å²) in [6.45, 7) is 1.50. The second-order valence-corrected chi connectivity index (χ2v) is 9.27. The summed E-state index contributed by atoms with van der Waals surface area (Å²) in [5.74, 6) is 0.306. The smallest absolute Gasteiger partial charge is 0.295 e. The van der Waals surface area contributed by atoms with E-state index in [1.807, 2.05) is 10.8 Å². The zero-order valence-electron chi connectivity index (χ0n) is 21.9. The van der Waals surface area contributed by atoms with Gasteiger partial charge in [0.2, 0.25) is 18.3 Å². The van der Waals surface area contributed by atoms with Crippen molar-refractivity contribution in [3.8, 4) is 34.5 Å². The van der Waals surface area contributed by atoms with Crippen LogP contribution in [0.1, 0.15) is 23.6 Å². The molecule has 12 heteroatoms. The zero-order chi connectivity index (χ0) is 27.8. The number of amides is 1. The van der Waals surface area contributed by atoms with Crippen molar-refractivity contribution in [1.82, 2.24) is 14.5 Å². The second kappa shape index (κ2) is 10.4. The zero-order valence-corrected chi connectivity index (χ0v) is 21.9. The van der Waals surface area contributed by atoms with Crippen molar-refractivity contribution in [1.29, 1.82) is 0 Å². The van der Waals surface area contributed by atoms with Gasteiger partial charge in [0.25, 0.3) is 11.7 Å². The molecule has 1 unspecified atom stereocenters. The van der Waals surface area contributed by atoms with Gasteiger partial charge in [-0.05, 0) is 30.7 Å². The summed E-state index contributed by atoms with van der Waals surface area (Å²) in [6.07, 6.45) is 5.69. The van der Waals surface area contributed by atoms with E-state index in [0.717, 1.165) is 0 Å². The van der Waals surface area contributed by atoms with Crippen LogP contribution in [0.2, 0.25) is 0 Å². The molecule has 2 aromatic carbocycles. The first-order chi connectivity index (χ1) is 19.5. The van der Waals surface area contributed by atoms with Gasteiger partial charge < -0.3 is 43.0 Å². The van der Waals surface area contributed by atoms with Crippen molar-refractivity contribution in [3.05, 3.63) is 59.7 Å². The van der Waals surface area contributed by atoms with Gasteiger partial charge in [0.05, 0.1) is 32.2 Å². The molecular weight excluding hydrogens is 522 g/mol. The van der Waals surface area contributed by atoms with Gasteiger partial charge in [0.1, 0.15) is 19.0 Å². The van der Waals surface area contributed by atoms with Crippen LogP contribution in [0, 0.1) is 0 Å². The van der Waals surface area contributed by atoms with E-state index in [2.05, 4.69) is 4.98 Å². The fraction of sp³-hybridized carbons (Fsp3) is 0.321. The van der Waals surface area contributed by atoms with Crippen LogP contribution in [0.15, 0.2) is 48.6 Å². The average molecular weight is 550 g/mol. The summed E-state index contributed by atoms with van der Waals surface area (Å²) in [4.78, 5) is 32.5. The van der Waals surface area contributed by atoms with E-state index < -0.39 is 17.7 Å². The molecule has 0 radical (unpaired) electrons. The van der Waals surface area contributed by atoms with Gasteiger partial charge >= 0.3 is 0 Å². The summed E-state index contributed by atoms with van der Waals surface area (Å²) in [5, 5.41) is 11.6. The number of aliphatic hydroxyl groups is 1. The van der Waals surface area contributed by atoms with Gasteiger partial charge in [-0.15, -0.1) is 0 Å². The summed E-state index contributed by atoms with van der Waals surface area (Å²) in [6, 6.07) is 5.50. The summed E-state index contributed by atoms with van der Waals surface area (Å²) >= 11 is 0. The minimum atomic E-state index is -1.01. The Kier molecular flexibility index (Phi) is 6.58. The molecule has 0 saturated carbocycles. The fourth-order valence-electron chi connectivity index (χ4n) is 5.22. The number of aryl methyl sites for hydroxylation is 1. The number of methoxy groups -OCH3 is 2. The highest BCUT2D eigenvalue weighted by atomic mass is 16.7. The van der Waals surface area contributed by atoms with Gasteiger partial charge in [-0.3, -0.25) is 9.59 Å². The number of imidazole rings is 1. The van der Waals surface area contributed by atoms with Crippen molar-refractivity contribution >= 4 is 17.4 Å². The fourth-order valence-corrected chi connectivity index (χ4v) is 5.22. The summed E-state index contributed by atoms with van der Waals surface area (Å²) in [7, 11) is 2.93. The van der Waals surface area contributed by atoms with Crippen LogP contribution >= 0.6 is 0 Å². The number of fused-ring (bicyclic) bond motifs is 2. The normalized spacial score (nSPS) is 18.8. The number of aliphatic hydroxyl groups excluding tert-OH is 1. The Bertz CT molecular complexity index is 1500. The standard InChI is InChI=1S/C28H27N3O9/c1-35-20-13-17(25(36-2)27-26(20)39-15-40-27)22-21(23(32)16-4-5-18-19(12-16)38-11-10-37-18)24(33)28(34)31(22)8-3-7-30-9-6-29-14-30/h4-6,9,12-14,22,32H,3,7-8,10-11,15H2,1-2H3/b23-21+. The molecule has 0 bridgehead atoms. The highest BCUT2D eigenvalue weighted by Gasteiger charge is 2.48. The number of ether oxygens (including phenoxy) is 6. The van der Waals surface area contributed by atoms with Gasteiger partial charge in [-0.1, -0.05) is 0 Å². The Morgan fingerprint density at radius 2 is 1.82 bits per heavy atom. The second-order valence-electron chi connectivity index (χ2n) is 9.27. The summed E-state index contributed by atoms with van der Waals surface area (Å²) < 4.78 is 35.7. The maximum absolute atomic E-state index is 13.6. The van der Waals surface area contributed by atoms with Crippen molar-refractivity contribution in [2.45, 2.75) is 19.0 Å². The largest absolute Gasteiger partial charge is 0.507 e. The first-order valence-corrected chi connectivity index (χ1v) is 12.7. The van der Waals surface area contributed by atoms with E-state index in [9.17, 15) is 14.7 Å². The van der Waals surface area contributed by atoms with Gasteiger partial charge in [-0.25, -0.2) is 4.98 Å². The topological polar surface area (TPSA) is 131 Å². The van der Waals surface area contributed by atoms with Crippen molar-refractivity contribution in [3.63, 3.8) is 0 Å². The molecule has 1 atom stereocenters. The van der Waals surface area contributed by atoms with E-state index in [0.29, 0.717) is 66.1 Å². The van der Waals surface area contributed by atoms with Crippen LogP contribution in [0.3, 0.4) is 0 Å². The van der Waals surface area contributed by atoms with E-state index in [1.54, 1.807) is 36.8 Å². The highest BCUT2D eigenvalue weighted by molar-refractivity contribution is 6.46. The molecule has 1 fully saturated rings. The molecule has 4 heterocycles. The number of carbonyl (C=O) groups excluding carboxylic acids is 2. The number of Topliss-reactive ketones (excluding diaryl/α,β-unsaturated/α-hetero) is 1. The Morgan fingerprint density at radius 3 is 2.58 bits per heavy atom. The van der Waals surface area contributed by atoms with Crippen LogP contribution in [0.25, 0.3) is 5.76 Å². The summed E-state index contributed by atoms with van der Waals surface area (Å²) in [5.41, 5.74) is 0.616. The van der Waals surface area contributed by atoms with Gasteiger partial charge in [0.15, 0.2) is 23.0 Å². The maximum atomic E-state index is 13.6. The van der Waals surface area contributed by atoms with Gasteiger partial charge in [0, 0.05) is 36.6 Å². The number of aromatic nitrogens is 2. The molecule has 208 valence electrons. The van der Waals surface area contributed by atoms with E-state index in [1.165, 1.54) is 19.1 Å². The van der Waals surface area contributed by atoms with Crippen LogP contribution in [0.5, 0.6) is 34.5 Å². The van der Waals surface area contributed by atoms with E-state index in [-0.39, 0.29) is 30.4 Å². The molecule has 0 spiro atoms. The highest BCUT2D eigenvalue weighted by Crippen LogP contribution is 2.54. The molecule has 3 aromatic rings. The third kappa shape index (κ3) is 4.21. The lowest BCUT2D eigenvalue weighted by molar-refractivity contribution is -0.140.